The number of ether oxygens (including phenoxy) is 3. The quantitative estimate of drug-likeness (QED) is 0.460. The normalized spacial score (nSPS) is 17.1. The Morgan fingerprint density at radius 3 is 2.36 bits per heavy atom. The summed E-state index contributed by atoms with van der Waals surface area (Å²) in [5, 5.41) is 0. The topological polar surface area (TPSA) is 61.8 Å². The average Bonchev–Trinajstić information content (AvgIpc) is 2.34. The second-order valence-electron chi connectivity index (χ2n) is 4.77. The van der Waals surface area contributed by atoms with Crippen LogP contribution in [-0.2, 0) is 19.1 Å². The minimum atomic E-state index is -3.05. The van der Waals surface area contributed by atoms with Gasteiger partial charge < -0.3 is 14.2 Å². The molecule has 2 rings (SSSR count). The maximum atomic E-state index is 12.4. The van der Waals surface area contributed by atoms with Crippen LogP contribution in [0.25, 0.3) is 6.08 Å². The van der Waals surface area contributed by atoms with Crippen LogP contribution in [0.3, 0.4) is 0 Å². The Balaban J connectivity index is 2.45. The van der Waals surface area contributed by atoms with Gasteiger partial charge in [-0.2, -0.15) is 8.78 Å². The third kappa shape index (κ3) is 3.62. The van der Waals surface area contributed by atoms with Crippen molar-refractivity contribution in [2.45, 2.75) is 26.2 Å². The fourth-order valence-corrected chi connectivity index (χ4v) is 2.24. The molecule has 118 valence electrons. The molecule has 0 saturated carbocycles. The maximum absolute atomic E-state index is 12.4. The third-order valence-electron chi connectivity index (χ3n) is 2.63. The van der Waals surface area contributed by atoms with Gasteiger partial charge in [-0.05, 0) is 18.2 Å². The first-order chi connectivity index (χ1) is 10.2. The van der Waals surface area contributed by atoms with Crippen molar-refractivity contribution in [2.75, 3.05) is 0 Å². The lowest BCUT2D eigenvalue weighted by atomic mass is 10.1. The van der Waals surface area contributed by atoms with Crippen molar-refractivity contribution in [2.24, 2.45) is 0 Å². The van der Waals surface area contributed by atoms with E-state index in [-0.39, 0.29) is 11.3 Å². The summed E-state index contributed by atoms with van der Waals surface area (Å²) in [5.41, 5.74) is -0.309. The maximum Gasteiger partial charge on any atom is 0.387 e. The van der Waals surface area contributed by atoms with Gasteiger partial charge in [0.05, 0.1) is 0 Å². The van der Waals surface area contributed by atoms with Crippen LogP contribution in [0.15, 0.2) is 28.2 Å². The van der Waals surface area contributed by atoms with Crippen molar-refractivity contribution in [3.05, 3.63) is 33.8 Å². The summed E-state index contributed by atoms with van der Waals surface area (Å²) in [7, 11) is 0. The fourth-order valence-electron chi connectivity index (χ4n) is 1.78. The van der Waals surface area contributed by atoms with E-state index in [1.54, 1.807) is 6.07 Å². The van der Waals surface area contributed by atoms with Crippen molar-refractivity contribution >= 4 is 33.9 Å². The Kier molecular flexibility index (Phi) is 4.50. The van der Waals surface area contributed by atoms with Gasteiger partial charge in [0.15, 0.2) is 0 Å². The molecule has 0 spiro atoms. The number of halogens is 3. The number of alkyl halides is 2. The molecule has 0 N–H and O–H groups in total. The fraction of sp³-hybridized carbons (Fsp3) is 0.286. The van der Waals surface area contributed by atoms with E-state index in [0.29, 0.717) is 4.47 Å². The summed E-state index contributed by atoms with van der Waals surface area (Å²) in [4.78, 5) is 23.7. The van der Waals surface area contributed by atoms with Crippen LogP contribution in [-0.4, -0.2) is 24.3 Å². The molecule has 8 heteroatoms. The number of cyclic esters (lactones) is 2. The summed E-state index contributed by atoms with van der Waals surface area (Å²) in [6, 6.07) is 4.31. The zero-order valence-electron chi connectivity index (χ0n) is 11.6. The number of hydrogen-bond acceptors (Lipinski definition) is 5. The molecule has 1 aromatic rings. The van der Waals surface area contributed by atoms with E-state index in [1.807, 2.05) is 0 Å². The summed E-state index contributed by atoms with van der Waals surface area (Å²) < 4.78 is 39.5. The number of carbonyl (C=O) groups is 2. The highest BCUT2D eigenvalue weighted by Gasteiger charge is 2.39. The van der Waals surface area contributed by atoms with Gasteiger partial charge in [-0.15, -0.1) is 0 Å². The van der Waals surface area contributed by atoms with Gasteiger partial charge in [0, 0.05) is 23.9 Å². The van der Waals surface area contributed by atoms with Crippen LogP contribution in [0.1, 0.15) is 19.4 Å². The minimum absolute atomic E-state index is 0.103. The second-order valence-corrected chi connectivity index (χ2v) is 5.62. The Morgan fingerprint density at radius 2 is 1.82 bits per heavy atom. The van der Waals surface area contributed by atoms with Crippen LogP contribution in [0, 0.1) is 0 Å². The molecule has 1 aromatic carbocycles. The van der Waals surface area contributed by atoms with Crippen LogP contribution in [0.5, 0.6) is 5.75 Å². The molecule has 1 saturated heterocycles. The van der Waals surface area contributed by atoms with E-state index in [2.05, 4.69) is 20.7 Å². The molecule has 0 amide bonds. The van der Waals surface area contributed by atoms with Crippen LogP contribution < -0.4 is 4.74 Å². The predicted octanol–water partition coefficient (Wildman–Crippen LogP) is 3.27. The molecule has 0 unspecified atom stereocenters. The van der Waals surface area contributed by atoms with Crippen molar-refractivity contribution in [3.8, 4) is 5.75 Å². The molecule has 0 aromatic heterocycles. The lowest BCUT2D eigenvalue weighted by Gasteiger charge is -2.29. The van der Waals surface area contributed by atoms with Crippen LogP contribution in [0.2, 0.25) is 0 Å². The highest BCUT2D eigenvalue weighted by molar-refractivity contribution is 9.10. The summed E-state index contributed by atoms with van der Waals surface area (Å²) in [6.07, 6.45) is 1.09. The Bertz CT molecular complexity index is 633. The van der Waals surface area contributed by atoms with Crippen molar-refractivity contribution in [1.82, 2.24) is 0 Å². The van der Waals surface area contributed by atoms with Gasteiger partial charge in [-0.1, -0.05) is 22.0 Å². The smallest absolute Gasteiger partial charge is 0.387 e. The van der Waals surface area contributed by atoms with Crippen LogP contribution >= 0.6 is 15.9 Å². The van der Waals surface area contributed by atoms with Gasteiger partial charge in [-0.25, -0.2) is 9.59 Å². The first-order valence-corrected chi connectivity index (χ1v) is 6.90. The summed E-state index contributed by atoms with van der Waals surface area (Å²) in [5.74, 6) is -3.37. The molecule has 0 radical (unpaired) electrons. The van der Waals surface area contributed by atoms with Crippen LogP contribution in [0.4, 0.5) is 8.78 Å². The number of carbonyl (C=O) groups excluding carboxylic acids is 2. The van der Waals surface area contributed by atoms with Gasteiger partial charge in [0.1, 0.15) is 11.3 Å². The minimum Gasteiger partial charge on any atom is -0.434 e. The Hall–Kier alpha value is -1.96. The molecular weight excluding hydrogens is 366 g/mol. The van der Waals surface area contributed by atoms with Crippen molar-refractivity contribution in [1.29, 1.82) is 0 Å². The number of hydrogen-bond donors (Lipinski definition) is 0. The standard InChI is InChI=1S/C14H11BrF2O5/c1-14(2)21-11(18)8(12(19)22-14)6-7-9(15)4-3-5-10(7)20-13(16)17/h3-6,13H,1-2H3. The molecule has 1 aliphatic heterocycles. The largest absolute Gasteiger partial charge is 0.434 e. The van der Waals surface area contributed by atoms with Gasteiger partial charge >= 0.3 is 18.6 Å². The molecule has 1 fully saturated rings. The van der Waals surface area contributed by atoms with E-state index < -0.39 is 29.9 Å². The van der Waals surface area contributed by atoms with Crippen molar-refractivity contribution < 1.29 is 32.6 Å². The molecular formula is C14H11BrF2O5. The van der Waals surface area contributed by atoms with Gasteiger partial charge in [0.25, 0.3) is 5.79 Å². The molecule has 22 heavy (non-hydrogen) atoms. The number of benzene rings is 1. The number of rotatable bonds is 3. The third-order valence-corrected chi connectivity index (χ3v) is 3.33. The van der Waals surface area contributed by atoms with E-state index in [4.69, 9.17) is 9.47 Å². The van der Waals surface area contributed by atoms with E-state index in [1.165, 1.54) is 26.0 Å². The monoisotopic (exact) mass is 376 g/mol. The SMILES string of the molecule is CC1(C)OC(=O)C(=Cc2c(Br)cccc2OC(F)F)C(=O)O1. The van der Waals surface area contributed by atoms with Crippen molar-refractivity contribution in [3.63, 3.8) is 0 Å². The number of esters is 2. The molecule has 0 atom stereocenters. The highest BCUT2D eigenvalue weighted by Crippen LogP contribution is 2.32. The first-order valence-electron chi connectivity index (χ1n) is 6.11. The zero-order valence-corrected chi connectivity index (χ0v) is 13.1. The first kappa shape index (κ1) is 16.4. The second kappa shape index (κ2) is 6.04. The van der Waals surface area contributed by atoms with E-state index >= 15 is 0 Å². The average molecular weight is 377 g/mol. The molecule has 1 aliphatic rings. The highest BCUT2D eigenvalue weighted by atomic mass is 79.9. The predicted molar refractivity (Wildman–Crippen MR) is 75.0 cm³/mol. The lowest BCUT2D eigenvalue weighted by Crippen LogP contribution is -2.41. The van der Waals surface area contributed by atoms with E-state index in [9.17, 15) is 18.4 Å². The lowest BCUT2D eigenvalue weighted by molar-refractivity contribution is -0.222. The van der Waals surface area contributed by atoms with Gasteiger partial charge in [0.2, 0.25) is 0 Å². The van der Waals surface area contributed by atoms with E-state index in [0.717, 1.165) is 6.08 Å². The molecule has 1 heterocycles. The molecule has 0 bridgehead atoms. The Morgan fingerprint density at radius 1 is 1.23 bits per heavy atom. The molecule has 5 nitrogen and oxygen atoms in total. The Labute approximate surface area is 133 Å². The summed E-state index contributed by atoms with van der Waals surface area (Å²) >= 11 is 3.15. The van der Waals surface area contributed by atoms with Gasteiger partial charge in [-0.3, -0.25) is 0 Å². The molecule has 0 aliphatic carbocycles. The summed E-state index contributed by atoms with van der Waals surface area (Å²) in [6.45, 7) is -0.233. The zero-order chi connectivity index (χ0) is 16.5.